The number of hydrogen-bond acceptors (Lipinski definition) is 2. The molecule has 0 bridgehead atoms. The summed E-state index contributed by atoms with van der Waals surface area (Å²) in [6, 6.07) is 7.81. The standard InChI is InChI=1S/C12H17NO2/c1-9(8-12(14)13-2)10-4-6-11(15-3)7-5-10/h4-7,9H,8H2,1-3H3,(H,13,14). The number of hydrogen-bond donors (Lipinski definition) is 1. The molecule has 0 aromatic heterocycles. The third kappa shape index (κ3) is 3.27. The van der Waals surface area contributed by atoms with Crippen molar-refractivity contribution in [1.82, 2.24) is 5.32 Å². The Kier molecular flexibility index (Phi) is 4.16. The van der Waals surface area contributed by atoms with Gasteiger partial charge in [-0.15, -0.1) is 0 Å². The Morgan fingerprint density at radius 2 is 2.00 bits per heavy atom. The molecular weight excluding hydrogens is 190 g/mol. The molecule has 0 aliphatic heterocycles. The van der Waals surface area contributed by atoms with Gasteiger partial charge in [-0.1, -0.05) is 19.1 Å². The second kappa shape index (κ2) is 5.39. The minimum Gasteiger partial charge on any atom is -0.497 e. The molecule has 1 rings (SSSR count). The van der Waals surface area contributed by atoms with Gasteiger partial charge in [0.1, 0.15) is 5.75 Å². The van der Waals surface area contributed by atoms with E-state index in [1.807, 2.05) is 31.2 Å². The smallest absolute Gasteiger partial charge is 0.220 e. The summed E-state index contributed by atoms with van der Waals surface area (Å²) in [4.78, 5) is 11.2. The highest BCUT2D eigenvalue weighted by atomic mass is 16.5. The number of methoxy groups -OCH3 is 1. The first-order valence-corrected chi connectivity index (χ1v) is 5.02. The number of carbonyl (C=O) groups excluding carboxylic acids is 1. The Balaban J connectivity index is 2.65. The summed E-state index contributed by atoms with van der Waals surface area (Å²) in [5, 5.41) is 2.62. The van der Waals surface area contributed by atoms with Crippen molar-refractivity contribution in [1.29, 1.82) is 0 Å². The number of ether oxygens (including phenoxy) is 1. The molecule has 3 nitrogen and oxygen atoms in total. The number of amides is 1. The molecule has 0 saturated heterocycles. The van der Waals surface area contributed by atoms with Crippen molar-refractivity contribution in [2.75, 3.05) is 14.2 Å². The van der Waals surface area contributed by atoms with E-state index < -0.39 is 0 Å². The van der Waals surface area contributed by atoms with Crippen molar-refractivity contribution < 1.29 is 9.53 Å². The first-order valence-electron chi connectivity index (χ1n) is 5.02. The van der Waals surface area contributed by atoms with Crippen LogP contribution in [0.2, 0.25) is 0 Å². The van der Waals surface area contributed by atoms with Crippen LogP contribution >= 0.6 is 0 Å². The summed E-state index contributed by atoms with van der Waals surface area (Å²) in [5.41, 5.74) is 1.15. The van der Waals surface area contributed by atoms with Crippen molar-refractivity contribution in [2.45, 2.75) is 19.3 Å². The van der Waals surface area contributed by atoms with Crippen molar-refractivity contribution in [3.05, 3.63) is 29.8 Å². The molecular formula is C12H17NO2. The summed E-state index contributed by atoms with van der Waals surface area (Å²) in [6.07, 6.45) is 0.517. The van der Waals surface area contributed by atoms with Crippen LogP contribution in [0.1, 0.15) is 24.8 Å². The molecule has 0 aliphatic rings. The highest BCUT2D eigenvalue weighted by Gasteiger charge is 2.09. The van der Waals surface area contributed by atoms with Gasteiger partial charge in [0.25, 0.3) is 0 Å². The van der Waals surface area contributed by atoms with Crippen molar-refractivity contribution in [2.24, 2.45) is 0 Å². The van der Waals surface area contributed by atoms with Crippen molar-refractivity contribution in [3.8, 4) is 5.75 Å². The summed E-state index contributed by atoms with van der Waals surface area (Å²) >= 11 is 0. The van der Waals surface area contributed by atoms with Gasteiger partial charge in [-0.2, -0.15) is 0 Å². The lowest BCUT2D eigenvalue weighted by atomic mass is 9.97. The maximum atomic E-state index is 11.2. The Morgan fingerprint density at radius 1 is 1.40 bits per heavy atom. The fourth-order valence-electron chi connectivity index (χ4n) is 1.43. The lowest BCUT2D eigenvalue weighted by molar-refractivity contribution is -0.120. The Bertz CT molecular complexity index is 319. The minimum atomic E-state index is 0.0679. The van der Waals surface area contributed by atoms with E-state index in [0.29, 0.717) is 6.42 Å². The molecule has 15 heavy (non-hydrogen) atoms. The quantitative estimate of drug-likeness (QED) is 0.819. The molecule has 1 atom stereocenters. The zero-order valence-electron chi connectivity index (χ0n) is 9.41. The molecule has 82 valence electrons. The average molecular weight is 207 g/mol. The molecule has 0 radical (unpaired) electrons. The Morgan fingerprint density at radius 3 is 2.47 bits per heavy atom. The van der Waals surface area contributed by atoms with Gasteiger partial charge in [0.2, 0.25) is 5.91 Å². The first kappa shape index (κ1) is 11.6. The third-order valence-corrected chi connectivity index (χ3v) is 2.46. The van der Waals surface area contributed by atoms with Crippen LogP contribution in [0, 0.1) is 0 Å². The second-order valence-electron chi connectivity index (χ2n) is 3.55. The first-order chi connectivity index (χ1) is 7.17. The van der Waals surface area contributed by atoms with E-state index in [1.54, 1.807) is 14.2 Å². The van der Waals surface area contributed by atoms with Crippen LogP contribution < -0.4 is 10.1 Å². The maximum Gasteiger partial charge on any atom is 0.220 e. The van der Waals surface area contributed by atoms with Crippen LogP contribution in [-0.4, -0.2) is 20.1 Å². The van der Waals surface area contributed by atoms with Gasteiger partial charge in [-0.25, -0.2) is 0 Å². The summed E-state index contributed by atoms with van der Waals surface area (Å²) in [7, 11) is 3.30. The highest BCUT2D eigenvalue weighted by Crippen LogP contribution is 2.21. The van der Waals surface area contributed by atoms with Crippen molar-refractivity contribution in [3.63, 3.8) is 0 Å². The third-order valence-electron chi connectivity index (χ3n) is 2.46. The van der Waals surface area contributed by atoms with E-state index in [1.165, 1.54) is 0 Å². The molecule has 0 saturated carbocycles. The monoisotopic (exact) mass is 207 g/mol. The molecule has 0 fully saturated rings. The van der Waals surface area contributed by atoms with Gasteiger partial charge in [0.05, 0.1) is 7.11 Å². The fourth-order valence-corrected chi connectivity index (χ4v) is 1.43. The molecule has 1 unspecified atom stereocenters. The molecule has 1 N–H and O–H groups in total. The Hall–Kier alpha value is -1.51. The van der Waals surface area contributed by atoms with Gasteiger partial charge in [-0.3, -0.25) is 4.79 Å². The summed E-state index contributed by atoms with van der Waals surface area (Å²) in [5.74, 6) is 1.14. The molecule has 3 heteroatoms. The highest BCUT2D eigenvalue weighted by molar-refractivity contribution is 5.76. The van der Waals surface area contributed by atoms with E-state index >= 15 is 0 Å². The normalized spacial score (nSPS) is 11.9. The van der Waals surface area contributed by atoms with E-state index in [0.717, 1.165) is 11.3 Å². The summed E-state index contributed by atoms with van der Waals surface area (Å²) in [6.45, 7) is 2.04. The molecule has 0 spiro atoms. The van der Waals surface area contributed by atoms with Gasteiger partial charge in [0.15, 0.2) is 0 Å². The zero-order valence-corrected chi connectivity index (χ0v) is 9.41. The van der Waals surface area contributed by atoms with Crippen LogP contribution in [0.25, 0.3) is 0 Å². The number of rotatable bonds is 4. The second-order valence-corrected chi connectivity index (χ2v) is 3.55. The molecule has 1 amide bonds. The van der Waals surface area contributed by atoms with Crippen molar-refractivity contribution >= 4 is 5.91 Å². The van der Waals surface area contributed by atoms with Gasteiger partial charge in [-0.05, 0) is 23.6 Å². The van der Waals surface area contributed by atoms with Crippen LogP contribution in [0.5, 0.6) is 5.75 Å². The van der Waals surface area contributed by atoms with E-state index in [-0.39, 0.29) is 11.8 Å². The van der Waals surface area contributed by atoms with Gasteiger partial charge < -0.3 is 10.1 Å². The zero-order chi connectivity index (χ0) is 11.3. The fraction of sp³-hybridized carbons (Fsp3) is 0.417. The predicted molar refractivity (Wildman–Crippen MR) is 60.1 cm³/mol. The summed E-state index contributed by atoms with van der Waals surface area (Å²) < 4.78 is 5.07. The molecule has 1 aromatic rings. The largest absolute Gasteiger partial charge is 0.497 e. The molecule has 0 aliphatic carbocycles. The van der Waals surface area contributed by atoms with E-state index in [4.69, 9.17) is 4.74 Å². The van der Waals surface area contributed by atoms with Crippen LogP contribution in [0.15, 0.2) is 24.3 Å². The van der Waals surface area contributed by atoms with E-state index in [2.05, 4.69) is 5.32 Å². The van der Waals surface area contributed by atoms with E-state index in [9.17, 15) is 4.79 Å². The van der Waals surface area contributed by atoms with Crippen LogP contribution in [0.3, 0.4) is 0 Å². The van der Waals surface area contributed by atoms with Gasteiger partial charge >= 0.3 is 0 Å². The SMILES string of the molecule is CNC(=O)CC(C)c1ccc(OC)cc1. The average Bonchev–Trinajstić information content (AvgIpc) is 2.29. The van der Waals surface area contributed by atoms with Gasteiger partial charge in [0, 0.05) is 13.5 Å². The lowest BCUT2D eigenvalue weighted by Gasteiger charge is -2.11. The Labute approximate surface area is 90.4 Å². The molecule has 1 aromatic carbocycles. The molecule has 0 heterocycles. The van der Waals surface area contributed by atoms with Crippen LogP contribution in [-0.2, 0) is 4.79 Å². The maximum absolute atomic E-state index is 11.2. The number of carbonyl (C=O) groups is 1. The number of nitrogens with one attached hydrogen (secondary N) is 1. The van der Waals surface area contributed by atoms with Crippen LogP contribution in [0.4, 0.5) is 0 Å². The number of benzene rings is 1. The topological polar surface area (TPSA) is 38.3 Å². The predicted octanol–water partition coefficient (Wildman–Crippen LogP) is 1.93. The lowest BCUT2D eigenvalue weighted by Crippen LogP contribution is -2.19. The minimum absolute atomic E-state index is 0.0679.